The number of carbonyl (C=O) groups is 2. The van der Waals surface area contributed by atoms with Gasteiger partial charge < -0.3 is 33.0 Å². The first kappa shape index (κ1) is 52.2. The Kier molecular flexibility index (Phi) is 34.4. The largest absolute Gasteiger partial charge is 0.756 e. The van der Waals surface area contributed by atoms with Gasteiger partial charge in [-0.3, -0.25) is 14.2 Å². The monoisotopic (exact) mass is 786 g/mol. The first-order chi connectivity index (χ1) is 25.9. The van der Waals surface area contributed by atoms with Gasteiger partial charge in [0, 0.05) is 12.8 Å². The van der Waals surface area contributed by atoms with E-state index in [0.29, 0.717) is 23.9 Å². The van der Waals surface area contributed by atoms with Gasteiger partial charge >= 0.3 is 11.9 Å². The van der Waals surface area contributed by atoms with Crippen molar-refractivity contribution in [3.8, 4) is 0 Å². The molecule has 0 aromatic rings. The molecule has 0 aliphatic heterocycles. The molecule has 10 nitrogen and oxygen atoms in total. The highest BCUT2D eigenvalue weighted by molar-refractivity contribution is 7.45. The number of phosphoric ester groups is 1. The first-order valence-corrected chi connectivity index (χ1v) is 22.8. The van der Waals surface area contributed by atoms with Crippen molar-refractivity contribution in [2.24, 2.45) is 0 Å². The Balaban J connectivity index is 4.46. The van der Waals surface area contributed by atoms with E-state index in [1.165, 1.54) is 70.6 Å². The minimum Gasteiger partial charge on any atom is -0.756 e. The Morgan fingerprint density at radius 2 is 1.22 bits per heavy atom. The zero-order valence-corrected chi connectivity index (χ0v) is 35.9. The highest BCUT2D eigenvalue weighted by Crippen LogP contribution is 2.38. The number of allylic oxidation sites excluding steroid dienone is 5. The van der Waals surface area contributed by atoms with Crippen LogP contribution in [0.2, 0.25) is 0 Å². The number of aliphatic hydroxyl groups excluding tert-OH is 1. The molecule has 0 fully saturated rings. The van der Waals surface area contributed by atoms with Gasteiger partial charge in [0.2, 0.25) is 0 Å². The van der Waals surface area contributed by atoms with Gasteiger partial charge in [-0.15, -0.1) is 0 Å². The summed E-state index contributed by atoms with van der Waals surface area (Å²) in [7, 11) is 1.10. The zero-order chi connectivity index (χ0) is 40.2. The van der Waals surface area contributed by atoms with Crippen molar-refractivity contribution < 1.29 is 47.2 Å². The van der Waals surface area contributed by atoms with Crippen molar-refractivity contribution in [1.82, 2.24) is 0 Å². The number of phosphoric acid groups is 1. The molecule has 0 rings (SSSR count). The molecule has 0 saturated carbocycles. The SMILES string of the molecule is CC/C=C/C/C=C/C=C/C(O)CCCCCCCC(=O)O[C@H](COC(=O)CCCCCCCCCCCCCCCC)COP(=O)([O-])OCC[N+](C)(C)C. The summed E-state index contributed by atoms with van der Waals surface area (Å²) in [5.41, 5.74) is 0. The lowest BCUT2D eigenvalue weighted by atomic mass is 10.0. The highest BCUT2D eigenvalue weighted by atomic mass is 31.2. The second-order valence-corrected chi connectivity index (χ2v) is 16.9. The van der Waals surface area contributed by atoms with Crippen LogP contribution in [0.5, 0.6) is 0 Å². The molecule has 0 heterocycles. The third kappa shape index (κ3) is 38.5. The number of carbonyl (C=O) groups excluding carboxylic acids is 2. The number of aliphatic hydroxyl groups is 1. The number of hydrogen-bond donors (Lipinski definition) is 1. The maximum absolute atomic E-state index is 12.7. The van der Waals surface area contributed by atoms with Gasteiger partial charge in [-0.25, -0.2) is 0 Å². The Hall–Kier alpha value is -1.81. The third-order valence-electron chi connectivity index (χ3n) is 9.03. The second-order valence-electron chi connectivity index (χ2n) is 15.5. The number of hydrogen-bond acceptors (Lipinski definition) is 9. The molecule has 1 N–H and O–H groups in total. The van der Waals surface area contributed by atoms with Crippen LogP contribution in [-0.4, -0.2) is 81.2 Å². The molecule has 0 saturated heterocycles. The van der Waals surface area contributed by atoms with Crippen molar-refractivity contribution in [3.05, 3.63) is 36.5 Å². The molecule has 0 spiro atoms. The zero-order valence-electron chi connectivity index (χ0n) is 35.0. The van der Waals surface area contributed by atoms with Crippen molar-refractivity contribution in [3.63, 3.8) is 0 Å². The van der Waals surface area contributed by atoms with Crippen LogP contribution < -0.4 is 4.89 Å². The van der Waals surface area contributed by atoms with E-state index >= 15 is 0 Å². The van der Waals surface area contributed by atoms with E-state index in [0.717, 1.165) is 57.8 Å². The van der Waals surface area contributed by atoms with Crippen LogP contribution >= 0.6 is 7.82 Å². The first-order valence-electron chi connectivity index (χ1n) is 21.3. The average Bonchev–Trinajstić information content (AvgIpc) is 3.11. The maximum atomic E-state index is 12.7. The van der Waals surface area contributed by atoms with E-state index in [9.17, 15) is 24.2 Å². The van der Waals surface area contributed by atoms with Crippen LogP contribution in [0.25, 0.3) is 0 Å². The summed E-state index contributed by atoms with van der Waals surface area (Å²) in [4.78, 5) is 37.5. The summed E-state index contributed by atoms with van der Waals surface area (Å²) >= 11 is 0. The topological polar surface area (TPSA) is 131 Å². The number of rotatable bonds is 38. The maximum Gasteiger partial charge on any atom is 0.306 e. The molecule has 54 heavy (non-hydrogen) atoms. The van der Waals surface area contributed by atoms with Crippen molar-refractivity contribution >= 4 is 19.8 Å². The van der Waals surface area contributed by atoms with E-state index in [1.54, 1.807) is 6.08 Å². The lowest BCUT2D eigenvalue weighted by Crippen LogP contribution is -2.37. The average molecular weight is 786 g/mol. The molecular weight excluding hydrogens is 705 g/mol. The highest BCUT2D eigenvalue weighted by Gasteiger charge is 2.21. The smallest absolute Gasteiger partial charge is 0.306 e. The third-order valence-corrected chi connectivity index (χ3v) is 9.99. The summed E-state index contributed by atoms with van der Waals surface area (Å²) < 4.78 is 33.8. The predicted octanol–water partition coefficient (Wildman–Crippen LogP) is 10.1. The Labute approximate surface area is 330 Å². The van der Waals surface area contributed by atoms with E-state index in [-0.39, 0.29) is 26.1 Å². The van der Waals surface area contributed by atoms with Crippen molar-refractivity contribution in [2.45, 2.75) is 180 Å². The van der Waals surface area contributed by atoms with Gasteiger partial charge in [-0.05, 0) is 32.1 Å². The normalized spacial score (nSPS) is 14.6. The minimum atomic E-state index is -4.65. The number of quaternary nitrogens is 1. The van der Waals surface area contributed by atoms with Crippen LogP contribution in [-0.2, 0) is 32.7 Å². The van der Waals surface area contributed by atoms with Crippen molar-refractivity contribution in [2.75, 3.05) is 47.5 Å². The lowest BCUT2D eigenvalue weighted by Gasteiger charge is -2.28. The molecule has 0 amide bonds. The number of ether oxygens (including phenoxy) is 2. The Morgan fingerprint density at radius 3 is 1.78 bits per heavy atom. The van der Waals surface area contributed by atoms with Crippen LogP contribution in [0.1, 0.15) is 168 Å². The molecule has 0 radical (unpaired) electrons. The quantitative estimate of drug-likeness (QED) is 0.0162. The van der Waals surface area contributed by atoms with Crippen LogP contribution in [0, 0.1) is 0 Å². The lowest BCUT2D eigenvalue weighted by molar-refractivity contribution is -0.870. The van der Waals surface area contributed by atoms with E-state index in [4.69, 9.17) is 18.5 Å². The summed E-state index contributed by atoms with van der Waals surface area (Å²) in [5, 5.41) is 10.1. The van der Waals surface area contributed by atoms with Gasteiger partial charge in [0.25, 0.3) is 7.82 Å². The van der Waals surface area contributed by atoms with E-state index in [1.807, 2.05) is 33.3 Å². The van der Waals surface area contributed by atoms with Gasteiger partial charge in [-0.2, -0.15) is 0 Å². The van der Waals surface area contributed by atoms with Gasteiger partial charge in [-0.1, -0.05) is 159 Å². The second kappa shape index (κ2) is 35.6. The van der Waals surface area contributed by atoms with Crippen LogP contribution in [0.4, 0.5) is 0 Å². The standard InChI is InChI=1S/C43H80NO9P/c1-6-8-10-12-14-15-16-17-18-19-20-22-26-30-34-42(46)50-38-41(39-52-54(48,49)51-37-36-44(3,4)5)53-43(47)35-31-27-23-25-29-33-40(45)32-28-24-21-13-11-9-7-2/h9,11,21,24,28,32,40-41,45H,6-8,10,12-20,22-23,25-27,29-31,33-39H2,1-5H3/b11-9+,24-21+,32-28+/t40?,41-/m1/s1. The van der Waals surface area contributed by atoms with Crippen LogP contribution in [0.3, 0.4) is 0 Å². The summed E-state index contributed by atoms with van der Waals surface area (Å²) in [6.07, 6.45) is 34.7. The fraction of sp³-hybridized carbons (Fsp3) is 0.814. The van der Waals surface area contributed by atoms with Crippen molar-refractivity contribution in [1.29, 1.82) is 0 Å². The van der Waals surface area contributed by atoms with Gasteiger partial charge in [0.1, 0.15) is 19.8 Å². The number of likely N-dealkylation sites (N-methyl/N-ethyl adjacent to an activating group) is 1. The molecule has 3 atom stereocenters. The Morgan fingerprint density at radius 1 is 0.685 bits per heavy atom. The molecule has 0 aromatic carbocycles. The van der Waals surface area contributed by atoms with Gasteiger partial charge in [0.15, 0.2) is 6.10 Å². The molecule has 0 aliphatic carbocycles. The number of esters is 2. The minimum absolute atomic E-state index is 0.0485. The molecule has 316 valence electrons. The summed E-state index contributed by atoms with van der Waals surface area (Å²) in [6.45, 7) is 3.98. The molecule has 0 bridgehead atoms. The fourth-order valence-electron chi connectivity index (χ4n) is 5.66. The molecule has 2 unspecified atom stereocenters. The summed E-state index contributed by atoms with van der Waals surface area (Å²) in [5.74, 6) is -0.909. The molecule has 11 heteroatoms. The molecule has 0 aliphatic rings. The number of unbranched alkanes of at least 4 members (excludes halogenated alkanes) is 17. The summed E-state index contributed by atoms with van der Waals surface area (Å²) in [6, 6.07) is 0. The van der Waals surface area contributed by atoms with Crippen LogP contribution in [0.15, 0.2) is 36.5 Å². The number of nitrogens with zero attached hydrogens (tertiary/aromatic N) is 1. The predicted molar refractivity (Wildman–Crippen MR) is 219 cm³/mol. The van der Waals surface area contributed by atoms with Gasteiger partial charge in [0.05, 0.1) is 33.9 Å². The molecular formula is C43H80NO9P. The Bertz CT molecular complexity index is 1040. The van der Waals surface area contributed by atoms with E-state index in [2.05, 4.69) is 32.1 Å². The van der Waals surface area contributed by atoms with E-state index < -0.39 is 38.6 Å². The fourth-order valence-corrected chi connectivity index (χ4v) is 6.39. The molecule has 0 aromatic heterocycles.